The van der Waals surface area contributed by atoms with E-state index in [4.69, 9.17) is 0 Å². The Kier molecular flexibility index (Phi) is 6.18. The second kappa shape index (κ2) is 9.20. The van der Waals surface area contributed by atoms with Gasteiger partial charge in [0.1, 0.15) is 11.4 Å². The van der Waals surface area contributed by atoms with Crippen molar-refractivity contribution in [2.45, 2.75) is 25.9 Å². The molecule has 0 radical (unpaired) electrons. The highest BCUT2D eigenvalue weighted by atomic mass is 19.1. The molecule has 0 N–H and O–H groups in total. The molecule has 1 aromatic heterocycles. The fourth-order valence-corrected chi connectivity index (χ4v) is 3.66. The lowest BCUT2D eigenvalue weighted by Crippen LogP contribution is -2.51. The standard InChI is InChI=1S/C27H24FN3O2/c1-27(2,31-25(32)18-17-24(29-31)21-13-15-22(28)16-14-21)26(33)30(23-11-7-4-8-12-23)19-20-9-5-3-6-10-20/h3-18H,19H2,1-2H3. The molecule has 6 heteroatoms. The third-order valence-electron chi connectivity index (χ3n) is 5.49. The largest absolute Gasteiger partial charge is 0.306 e. The van der Waals surface area contributed by atoms with Crippen LogP contribution in [-0.4, -0.2) is 15.7 Å². The van der Waals surface area contributed by atoms with E-state index < -0.39 is 11.1 Å². The van der Waals surface area contributed by atoms with E-state index >= 15 is 0 Å². The van der Waals surface area contributed by atoms with Gasteiger partial charge in [-0.25, -0.2) is 9.07 Å². The number of anilines is 1. The van der Waals surface area contributed by atoms with Crippen molar-refractivity contribution in [3.05, 3.63) is 119 Å². The molecule has 5 nitrogen and oxygen atoms in total. The third kappa shape index (κ3) is 4.75. The summed E-state index contributed by atoms with van der Waals surface area (Å²) in [6, 6.07) is 27.8. The highest BCUT2D eigenvalue weighted by Crippen LogP contribution is 2.25. The third-order valence-corrected chi connectivity index (χ3v) is 5.49. The molecule has 3 aromatic carbocycles. The molecule has 0 aliphatic rings. The number of carbonyl (C=O) groups is 1. The molecule has 33 heavy (non-hydrogen) atoms. The molecule has 0 saturated carbocycles. The molecule has 166 valence electrons. The SMILES string of the molecule is CC(C)(C(=O)N(Cc1ccccc1)c1ccccc1)n1nc(-c2ccc(F)cc2)ccc1=O. The van der Waals surface area contributed by atoms with E-state index in [9.17, 15) is 14.0 Å². The summed E-state index contributed by atoms with van der Waals surface area (Å²) in [4.78, 5) is 28.3. The maximum Gasteiger partial charge on any atom is 0.267 e. The molecule has 0 spiro atoms. The number of halogens is 1. The lowest BCUT2D eigenvalue weighted by Gasteiger charge is -2.33. The fraction of sp³-hybridized carbons (Fsp3) is 0.148. The zero-order chi connectivity index (χ0) is 23.4. The van der Waals surface area contributed by atoms with Crippen molar-refractivity contribution in [1.29, 1.82) is 0 Å². The number of para-hydroxylation sites is 1. The van der Waals surface area contributed by atoms with Gasteiger partial charge >= 0.3 is 0 Å². The molecule has 0 saturated heterocycles. The zero-order valence-electron chi connectivity index (χ0n) is 18.5. The van der Waals surface area contributed by atoms with E-state index in [1.807, 2.05) is 60.7 Å². The van der Waals surface area contributed by atoms with Crippen molar-refractivity contribution >= 4 is 11.6 Å². The number of rotatable bonds is 6. The Morgan fingerprint density at radius 3 is 2.12 bits per heavy atom. The maximum absolute atomic E-state index is 13.9. The molecule has 4 aromatic rings. The first-order chi connectivity index (χ1) is 15.9. The summed E-state index contributed by atoms with van der Waals surface area (Å²) < 4.78 is 14.5. The first-order valence-corrected chi connectivity index (χ1v) is 10.6. The smallest absolute Gasteiger partial charge is 0.267 e. The molecule has 1 heterocycles. The number of hydrogen-bond acceptors (Lipinski definition) is 3. The molecule has 0 aliphatic carbocycles. The van der Waals surface area contributed by atoms with Crippen LogP contribution in [0.4, 0.5) is 10.1 Å². The van der Waals surface area contributed by atoms with Crippen molar-refractivity contribution in [3.8, 4) is 11.3 Å². The number of nitrogens with zero attached hydrogens (tertiary/aromatic N) is 3. The Labute approximate surface area is 191 Å². The highest BCUT2D eigenvalue weighted by molar-refractivity contribution is 5.98. The molecular formula is C27H24FN3O2. The first kappa shape index (κ1) is 22.1. The van der Waals surface area contributed by atoms with Crippen LogP contribution in [-0.2, 0) is 16.9 Å². The van der Waals surface area contributed by atoms with Crippen LogP contribution in [0.2, 0.25) is 0 Å². The second-order valence-electron chi connectivity index (χ2n) is 8.25. The van der Waals surface area contributed by atoms with Crippen LogP contribution in [0.1, 0.15) is 19.4 Å². The summed E-state index contributed by atoms with van der Waals surface area (Å²) in [6.45, 7) is 3.71. The van der Waals surface area contributed by atoms with Gasteiger partial charge in [-0.05, 0) is 61.9 Å². The van der Waals surface area contributed by atoms with E-state index in [0.29, 0.717) is 17.8 Å². The zero-order valence-corrected chi connectivity index (χ0v) is 18.5. The van der Waals surface area contributed by atoms with Crippen molar-refractivity contribution in [1.82, 2.24) is 9.78 Å². The minimum Gasteiger partial charge on any atom is -0.306 e. The summed E-state index contributed by atoms with van der Waals surface area (Å²) in [5.41, 5.74) is 1.14. The van der Waals surface area contributed by atoms with Gasteiger partial charge in [0.25, 0.3) is 11.5 Å². The summed E-state index contributed by atoms with van der Waals surface area (Å²) in [7, 11) is 0. The van der Waals surface area contributed by atoms with Crippen LogP contribution in [0.5, 0.6) is 0 Å². The number of carbonyl (C=O) groups excluding carboxylic acids is 1. The predicted octanol–water partition coefficient (Wildman–Crippen LogP) is 5.02. The van der Waals surface area contributed by atoms with Crippen molar-refractivity contribution < 1.29 is 9.18 Å². The van der Waals surface area contributed by atoms with E-state index in [2.05, 4.69) is 5.10 Å². The Morgan fingerprint density at radius 1 is 0.879 bits per heavy atom. The Bertz CT molecular complexity index is 1300. The van der Waals surface area contributed by atoms with Crippen LogP contribution < -0.4 is 10.5 Å². The monoisotopic (exact) mass is 441 g/mol. The topological polar surface area (TPSA) is 55.2 Å². The number of benzene rings is 3. The van der Waals surface area contributed by atoms with E-state index in [1.54, 1.807) is 36.9 Å². The highest BCUT2D eigenvalue weighted by Gasteiger charge is 2.36. The van der Waals surface area contributed by atoms with Gasteiger partial charge in [0.2, 0.25) is 0 Å². The van der Waals surface area contributed by atoms with E-state index in [1.165, 1.54) is 22.9 Å². The van der Waals surface area contributed by atoms with Gasteiger partial charge in [0, 0.05) is 17.3 Å². The molecule has 4 rings (SSSR count). The van der Waals surface area contributed by atoms with Crippen molar-refractivity contribution in [2.75, 3.05) is 4.90 Å². The summed E-state index contributed by atoms with van der Waals surface area (Å²) in [5.74, 6) is -0.634. The molecule has 0 unspecified atom stereocenters. The van der Waals surface area contributed by atoms with Crippen molar-refractivity contribution in [3.63, 3.8) is 0 Å². The van der Waals surface area contributed by atoms with Gasteiger partial charge in [-0.1, -0.05) is 48.5 Å². The lowest BCUT2D eigenvalue weighted by atomic mass is 10.0. The minimum absolute atomic E-state index is 0.275. The number of amides is 1. The molecule has 0 fully saturated rings. The molecule has 1 amide bonds. The van der Waals surface area contributed by atoms with Gasteiger partial charge in [0.15, 0.2) is 0 Å². The van der Waals surface area contributed by atoms with Gasteiger partial charge in [-0.3, -0.25) is 9.59 Å². The Hall–Kier alpha value is -4.06. The van der Waals surface area contributed by atoms with Crippen LogP contribution in [0.3, 0.4) is 0 Å². The predicted molar refractivity (Wildman–Crippen MR) is 127 cm³/mol. The molecule has 0 atom stereocenters. The van der Waals surface area contributed by atoms with Crippen LogP contribution in [0.15, 0.2) is 102 Å². The van der Waals surface area contributed by atoms with E-state index in [0.717, 1.165) is 11.3 Å². The van der Waals surface area contributed by atoms with Gasteiger partial charge in [-0.2, -0.15) is 5.10 Å². The van der Waals surface area contributed by atoms with Gasteiger partial charge < -0.3 is 4.90 Å². The average Bonchev–Trinajstić information content (AvgIpc) is 2.84. The lowest BCUT2D eigenvalue weighted by molar-refractivity contribution is -0.126. The van der Waals surface area contributed by atoms with Gasteiger partial charge in [-0.15, -0.1) is 0 Å². The van der Waals surface area contributed by atoms with Crippen molar-refractivity contribution in [2.24, 2.45) is 0 Å². The number of aromatic nitrogens is 2. The average molecular weight is 442 g/mol. The molecular weight excluding hydrogens is 417 g/mol. The van der Waals surface area contributed by atoms with Crippen LogP contribution in [0, 0.1) is 5.82 Å². The van der Waals surface area contributed by atoms with Crippen LogP contribution >= 0.6 is 0 Å². The molecule has 0 aliphatic heterocycles. The first-order valence-electron chi connectivity index (χ1n) is 10.6. The summed E-state index contributed by atoms with van der Waals surface area (Å²) in [6.07, 6.45) is 0. The summed E-state index contributed by atoms with van der Waals surface area (Å²) >= 11 is 0. The van der Waals surface area contributed by atoms with Crippen LogP contribution in [0.25, 0.3) is 11.3 Å². The number of hydrogen-bond donors (Lipinski definition) is 0. The minimum atomic E-state index is -1.28. The maximum atomic E-state index is 13.9. The second-order valence-corrected chi connectivity index (χ2v) is 8.25. The normalized spacial score (nSPS) is 11.2. The van der Waals surface area contributed by atoms with E-state index in [-0.39, 0.29) is 11.7 Å². The molecule has 0 bridgehead atoms. The Balaban J connectivity index is 1.75. The Morgan fingerprint density at radius 2 is 1.48 bits per heavy atom. The fourth-order valence-electron chi connectivity index (χ4n) is 3.66. The summed E-state index contributed by atoms with van der Waals surface area (Å²) in [5, 5.41) is 4.48. The quantitative estimate of drug-likeness (QED) is 0.422. The van der Waals surface area contributed by atoms with Gasteiger partial charge in [0.05, 0.1) is 12.2 Å².